The summed E-state index contributed by atoms with van der Waals surface area (Å²) in [6.45, 7) is 8.59. The summed E-state index contributed by atoms with van der Waals surface area (Å²) < 4.78 is 32.7. The highest BCUT2D eigenvalue weighted by molar-refractivity contribution is 8.00. The second-order valence-corrected chi connectivity index (χ2v) is 9.55. The lowest BCUT2D eigenvalue weighted by atomic mass is 10.2. The molecule has 114 valence electrons. The Balaban J connectivity index is 2.45. The average Bonchev–Trinajstić information content (AvgIpc) is 2.62. The molecule has 7 heteroatoms. The molecule has 4 nitrogen and oxygen atoms in total. The van der Waals surface area contributed by atoms with E-state index in [0.717, 1.165) is 5.75 Å². The molecular formula is C13H20ClNO3S2. The van der Waals surface area contributed by atoms with E-state index in [1.165, 1.54) is 0 Å². The maximum atomic E-state index is 12.9. The molecule has 1 aromatic heterocycles. The van der Waals surface area contributed by atoms with Gasteiger partial charge in [-0.25, -0.2) is 8.42 Å². The number of hydrogen-bond acceptors (Lipinski definition) is 4. The zero-order valence-corrected chi connectivity index (χ0v) is 14.6. The van der Waals surface area contributed by atoms with Gasteiger partial charge >= 0.3 is 0 Å². The van der Waals surface area contributed by atoms with Crippen LogP contribution in [0.2, 0.25) is 0 Å². The van der Waals surface area contributed by atoms with Crippen molar-refractivity contribution >= 4 is 33.4 Å². The van der Waals surface area contributed by atoms with E-state index >= 15 is 0 Å². The Morgan fingerprint density at radius 3 is 2.55 bits per heavy atom. The van der Waals surface area contributed by atoms with Crippen molar-refractivity contribution in [2.45, 2.75) is 43.2 Å². The number of sulfonamides is 1. The summed E-state index contributed by atoms with van der Waals surface area (Å²) in [4.78, 5) is 0.257. The first-order valence-electron chi connectivity index (χ1n) is 6.48. The van der Waals surface area contributed by atoms with Gasteiger partial charge in [-0.2, -0.15) is 16.1 Å². The standard InChI is InChI=1S/C13H20ClNO3S2/c1-9-11(7-14)12(10(2)18-9)20(16,17)15-5-6-19-13(3,4)8-15/h5-8H2,1-4H3. The quantitative estimate of drug-likeness (QED) is 0.795. The van der Waals surface area contributed by atoms with E-state index in [9.17, 15) is 8.42 Å². The molecule has 1 aliphatic rings. The third-order valence-corrected chi connectivity index (χ3v) is 7.05. The molecule has 0 spiro atoms. The van der Waals surface area contributed by atoms with Crippen LogP contribution >= 0.6 is 23.4 Å². The van der Waals surface area contributed by atoms with Gasteiger partial charge in [0, 0.05) is 29.2 Å². The lowest BCUT2D eigenvalue weighted by Crippen LogP contribution is -2.46. The molecule has 0 unspecified atom stereocenters. The molecule has 0 radical (unpaired) electrons. The summed E-state index contributed by atoms with van der Waals surface area (Å²) in [5.74, 6) is 1.96. The van der Waals surface area contributed by atoms with E-state index in [4.69, 9.17) is 16.0 Å². The first-order chi connectivity index (χ1) is 9.19. The van der Waals surface area contributed by atoms with E-state index in [2.05, 4.69) is 13.8 Å². The van der Waals surface area contributed by atoms with Crippen LogP contribution in [0.1, 0.15) is 30.9 Å². The predicted molar refractivity (Wildman–Crippen MR) is 83.0 cm³/mol. The molecule has 1 saturated heterocycles. The maximum absolute atomic E-state index is 12.9. The lowest BCUT2D eigenvalue weighted by Gasteiger charge is -2.36. The number of rotatable bonds is 3. The normalized spacial score (nSPS) is 20.2. The molecule has 0 atom stereocenters. The molecule has 0 aliphatic carbocycles. The first kappa shape index (κ1) is 16.2. The van der Waals surface area contributed by atoms with Crippen LogP contribution in [0.3, 0.4) is 0 Å². The molecule has 1 aliphatic heterocycles. The van der Waals surface area contributed by atoms with Gasteiger partial charge in [-0.15, -0.1) is 11.6 Å². The van der Waals surface area contributed by atoms with Crippen LogP contribution in [0, 0.1) is 13.8 Å². The highest BCUT2D eigenvalue weighted by Crippen LogP contribution is 2.35. The van der Waals surface area contributed by atoms with Gasteiger partial charge < -0.3 is 4.42 Å². The molecule has 0 N–H and O–H groups in total. The second-order valence-electron chi connectivity index (χ2n) is 5.60. The van der Waals surface area contributed by atoms with Crippen LogP contribution in [0.5, 0.6) is 0 Å². The number of alkyl halides is 1. The molecule has 0 bridgehead atoms. The highest BCUT2D eigenvalue weighted by Gasteiger charge is 2.37. The highest BCUT2D eigenvalue weighted by atomic mass is 35.5. The summed E-state index contributed by atoms with van der Waals surface area (Å²) in [5, 5.41) is 0. The Labute approximate surface area is 129 Å². The van der Waals surface area contributed by atoms with E-state index in [1.54, 1.807) is 29.9 Å². The third kappa shape index (κ3) is 2.89. The Morgan fingerprint density at radius 2 is 2.00 bits per heavy atom. The minimum atomic E-state index is -3.54. The van der Waals surface area contributed by atoms with Gasteiger partial charge in [-0.1, -0.05) is 0 Å². The van der Waals surface area contributed by atoms with Gasteiger partial charge in [0.2, 0.25) is 10.0 Å². The molecular weight excluding hydrogens is 318 g/mol. The average molecular weight is 338 g/mol. The molecule has 0 aromatic carbocycles. The van der Waals surface area contributed by atoms with Gasteiger partial charge in [-0.05, 0) is 27.7 Å². The molecule has 0 amide bonds. The summed E-state index contributed by atoms with van der Waals surface area (Å²) in [6, 6.07) is 0. The Morgan fingerprint density at radius 1 is 1.35 bits per heavy atom. The second kappa shape index (κ2) is 5.55. The Bertz CT molecular complexity index is 607. The van der Waals surface area contributed by atoms with Crippen LogP contribution in [0.15, 0.2) is 9.31 Å². The molecule has 20 heavy (non-hydrogen) atoms. The minimum absolute atomic E-state index is 0.0703. The van der Waals surface area contributed by atoms with Gasteiger partial charge in [0.25, 0.3) is 0 Å². The summed E-state index contributed by atoms with van der Waals surface area (Å²) in [6.07, 6.45) is 0. The summed E-state index contributed by atoms with van der Waals surface area (Å²) in [5.41, 5.74) is 0.584. The number of thioether (sulfide) groups is 1. The number of aryl methyl sites for hydroxylation is 2. The van der Waals surface area contributed by atoms with Gasteiger partial charge in [0.05, 0.1) is 5.88 Å². The molecule has 1 fully saturated rings. The SMILES string of the molecule is Cc1oc(C)c(S(=O)(=O)N2CCSC(C)(C)C2)c1CCl. The van der Waals surface area contributed by atoms with Crippen molar-refractivity contribution in [2.75, 3.05) is 18.8 Å². The number of hydrogen-bond donors (Lipinski definition) is 0. The van der Waals surface area contributed by atoms with E-state index in [-0.39, 0.29) is 15.5 Å². The van der Waals surface area contributed by atoms with Crippen LogP contribution in [-0.2, 0) is 15.9 Å². The fourth-order valence-electron chi connectivity index (χ4n) is 2.51. The smallest absolute Gasteiger partial charge is 0.246 e. The van der Waals surface area contributed by atoms with Crippen molar-refractivity contribution in [1.82, 2.24) is 4.31 Å². The van der Waals surface area contributed by atoms with Crippen molar-refractivity contribution in [2.24, 2.45) is 0 Å². The van der Waals surface area contributed by atoms with Crippen molar-refractivity contribution in [3.63, 3.8) is 0 Å². The van der Waals surface area contributed by atoms with Crippen LogP contribution in [-0.4, -0.2) is 36.3 Å². The molecule has 0 saturated carbocycles. The lowest BCUT2D eigenvalue weighted by molar-refractivity contribution is 0.386. The largest absolute Gasteiger partial charge is 0.465 e. The van der Waals surface area contributed by atoms with Crippen LogP contribution in [0.25, 0.3) is 0 Å². The monoisotopic (exact) mass is 337 g/mol. The topological polar surface area (TPSA) is 50.5 Å². The molecule has 2 rings (SSSR count). The zero-order chi connectivity index (χ0) is 15.1. The first-order valence-corrected chi connectivity index (χ1v) is 9.44. The van der Waals surface area contributed by atoms with E-state index in [1.807, 2.05) is 0 Å². The predicted octanol–water partition coefficient (Wildman–Crippen LogP) is 3.15. The van der Waals surface area contributed by atoms with E-state index < -0.39 is 10.0 Å². The van der Waals surface area contributed by atoms with Crippen molar-refractivity contribution in [1.29, 1.82) is 0 Å². The molecule has 1 aromatic rings. The fraction of sp³-hybridized carbons (Fsp3) is 0.692. The van der Waals surface area contributed by atoms with Gasteiger partial charge in [0.15, 0.2) is 0 Å². The molecule has 2 heterocycles. The summed E-state index contributed by atoms with van der Waals surface area (Å²) >= 11 is 7.70. The van der Waals surface area contributed by atoms with Crippen molar-refractivity contribution < 1.29 is 12.8 Å². The Kier molecular flexibility index (Phi) is 4.50. The van der Waals surface area contributed by atoms with Gasteiger partial charge in [0.1, 0.15) is 16.4 Å². The zero-order valence-electron chi connectivity index (χ0n) is 12.2. The number of furan rings is 1. The van der Waals surface area contributed by atoms with Gasteiger partial charge in [-0.3, -0.25) is 0 Å². The minimum Gasteiger partial charge on any atom is -0.465 e. The van der Waals surface area contributed by atoms with Crippen LogP contribution in [0.4, 0.5) is 0 Å². The summed E-state index contributed by atoms with van der Waals surface area (Å²) in [7, 11) is -3.54. The van der Waals surface area contributed by atoms with Crippen molar-refractivity contribution in [3.05, 3.63) is 17.1 Å². The van der Waals surface area contributed by atoms with E-state index in [0.29, 0.717) is 30.2 Å². The fourth-order valence-corrected chi connectivity index (χ4v) is 6.23. The Hall–Kier alpha value is -0.170. The maximum Gasteiger partial charge on any atom is 0.246 e. The van der Waals surface area contributed by atoms with Crippen molar-refractivity contribution in [3.8, 4) is 0 Å². The number of halogens is 1. The number of nitrogens with zero attached hydrogens (tertiary/aromatic N) is 1. The third-order valence-electron chi connectivity index (χ3n) is 3.45. The van der Waals surface area contributed by atoms with Crippen LogP contribution < -0.4 is 0 Å².